The van der Waals surface area contributed by atoms with Crippen LogP contribution in [0.2, 0.25) is 0 Å². The van der Waals surface area contributed by atoms with Gasteiger partial charge in [0.05, 0.1) is 6.42 Å². The van der Waals surface area contributed by atoms with Gasteiger partial charge in [0.25, 0.3) is 0 Å². The fourth-order valence-corrected chi connectivity index (χ4v) is 1.16. The number of hydrogen-bond acceptors (Lipinski definition) is 3. The summed E-state index contributed by atoms with van der Waals surface area (Å²) in [5.74, 6) is 0. The van der Waals surface area contributed by atoms with E-state index in [0.717, 1.165) is 0 Å². The number of oxime groups is 1. The first-order valence-corrected chi connectivity index (χ1v) is 3.25. The molecule has 1 atom stereocenters. The molecule has 0 aromatic carbocycles. The molecule has 0 saturated carbocycles. The predicted molar refractivity (Wildman–Crippen MR) is 36.2 cm³/mol. The molecule has 0 aliphatic carbocycles. The summed E-state index contributed by atoms with van der Waals surface area (Å²) < 4.78 is 0.661. The van der Waals surface area contributed by atoms with Crippen molar-refractivity contribution in [1.82, 2.24) is 0 Å². The molecule has 0 spiro atoms. The van der Waals surface area contributed by atoms with Crippen LogP contribution in [0.25, 0.3) is 0 Å². The standard InChI is InChI=1S/C5H5BrNO2/c1-5(3-8)2-4(6)7-9-5/h2H2,1H3. The fourth-order valence-electron chi connectivity index (χ4n) is 0.548. The third-order valence-electron chi connectivity index (χ3n) is 1.05. The Kier molecular flexibility index (Phi) is 1.57. The zero-order chi connectivity index (χ0) is 6.91. The highest BCUT2D eigenvalue weighted by atomic mass is 79.9. The molecule has 0 N–H and O–H groups in total. The molecule has 0 aromatic heterocycles. The second-order valence-electron chi connectivity index (χ2n) is 2.07. The van der Waals surface area contributed by atoms with E-state index in [-0.39, 0.29) is 0 Å². The number of hydrogen-bond donors (Lipinski definition) is 0. The fraction of sp³-hybridized carbons (Fsp3) is 0.600. The van der Waals surface area contributed by atoms with E-state index >= 15 is 0 Å². The quantitative estimate of drug-likeness (QED) is 0.619. The van der Waals surface area contributed by atoms with Gasteiger partial charge in [0.15, 0.2) is 0 Å². The van der Waals surface area contributed by atoms with Gasteiger partial charge in [-0.2, -0.15) is 0 Å². The van der Waals surface area contributed by atoms with Gasteiger partial charge in [-0.3, -0.25) is 4.79 Å². The minimum absolute atomic E-state index is 0.483. The summed E-state index contributed by atoms with van der Waals surface area (Å²) in [7, 11) is 0. The zero-order valence-corrected chi connectivity index (χ0v) is 6.43. The van der Waals surface area contributed by atoms with Gasteiger partial charge >= 0.3 is 0 Å². The van der Waals surface area contributed by atoms with Gasteiger partial charge in [-0.25, -0.2) is 0 Å². The summed E-state index contributed by atoms with van der Waals surface area (Å²) in [6.07, 6.45) is 2.24. The van der Waals surface area contributed by atoms with Crippen molar-refractivity contribution in [2.75, 3.05) is 0 Å². The van der Waals surface area contributed by atoms with Gasteiger partial charge in [-0.1, -0.05) is 5.16 Å². The van der Waals surface area contributed by atoms with Gasteiger partial charge < -0.3 is 4.84 Å². The normalized spacial score (nSPS) is 33.3. The lowest BCUT2D eigenvalue weighted by Gasteiger charge is -2.09. The zero-order valence-electron chi connectivity index (χ0n) is 4.85. The minimum Gasteiger partial charge on any atom is -0.380 e. The molecule has 9 heavy (non-hydrogen) atoms. The van der Waals surface area contributed by atoms with Gasteiger partial charge in [-0.15, -0.1) is 0 Å². The smallest absolute Gasteiger partial charge is 0.249 e. The number of halogens is 1. The van der Waals surface area contributed by atoms with Crippen molar-refractivity contribution in [2.24, 2.45) is 5.16 Å². The van der Waals surface area contributed by atoms with E-state index < -0.39 is 5.60 Å². The summed E-state index contributed by atoms with van der Waals surface area (Å²) in [5.41, 5.74) is -0.848. The third-order valence-corrected chi connectivity index (χ3v) is 1.47. The highest BCUT2D eigenvalue weighted by Gasteiger charge is 2.33. The number of nitrogens with zero attached hydrogens (tertiary/aromatic N) is 1. The van der Waals surface area contributed by atoms with Gasteiger partial charge in [0.2, 0.25) is 11.9 Å². The molecule has 1 unspecified atom stereocenters. The maximum Gasteiger partial charge on any atom is 0.249 e. The lowest BCUT2D eigenvalue weighted by molar-refractivity contribution is 0.0502. The molecule has 0 amide bonds. The van der Waals surface area contributed by atoms with Crippen molar-refractivity contribution >= 4 is 26.8 Å². The summed E-state index contributed by atoms with van der Waals surface area (Å²) >= 11 is 3.10. The van der Waals surface area contributed by atoms with E-state index in [9.17, 15) is 4.79 Å². The van der Waals surface area contributed by atoms with Crippen molar-refractivity contribution in [3.63, 3.8) is 0 Å². The van der Waals surface area contributed by atoms with E-state index in [4.69, 9.17) is 4.84 Å². The maximum absolute atomic E-state index is 10.1. The SMILES string of the molecule is CC1([C]=O)CC(Br)=NO1. The first kappa shape index (κ1) is 6.74. The van der Waals surface area contributed by atoms with Crippen molar-refractivity contribution in [3.05, 3.63) is 0 Å². The summed E-state index contributed by atoms with van der Waals surface area (Å²) in [4.78, 5) is 14.8. The van der Waals surface area contributed by atoms with Crippen LogP contribution in [0.4, 0.5) is 0 Å². The molecule has 1 aliphatic heterocycles. The van der Waals surface area contributed by atoms with E-state index in [1.54, 1.807) is 13.2 Å². The Balaban J connectivity index is 2.63. The van der Waals surface area contributed by atoms with Crippen LogP contribution in [0.3, 0.4) is 0 Å². The average molecular weight is 191 g/mol. The molecule has 0 saturated heterocycles. The minimum atomic E-state index is -0.848. The number of rotatable bonds is 1. The van der Waals surface area contributed by atoms with Crippen molar-refractivity contribution in [1.29, 1.82) is 0 Å². The Morgan fingerprint density at radius 1 is 2.00 bits per heavy atom. The Hall–Kier alpha value is -0.380. The average Bonchev–Trinajstić information content (AvgIpc) is 2.13. The molecule has 3 nitrogen and oxygen atoms in total. The van der Waals surface area contributed by atoms with Crippen LogP contribution in [-0.2, 0) is 9.63 Å². The molecule has 1 radical (unpaired) electrons. The highest BCUT2D eigenvalue weighted by Crippen LogP contribution is 2.22. The number of carbonyl (C=O) groups excluding carboxylic acids is 1. The first-order valence-electron chi connectivity index (χ1n) is 2.46. The molecule has 0 fully saturated rings. The van der Waals surface area contributed by atoms with Crippen molar-refractivity contribution in [2.45, 2.75) is 18.9 Å². The van der Waals surface area contributed by atoms with Crippen LogP contribution < -0.4 is 0 Å². The molecular weight excluding hydrogens is 186 g/mol. The second-order valence-corrected chi connectivity index (χ2v) is 2.98. The van der Waals surface area contributed by atoms with E-state index in [2.05, 4.69) is 21.1 Å². The summed E-state index contributed by atoms with van der Waals surface area (Å²) in [5, 5.41) is 3.53. The summed E-state index contributed by atoms with van der Waals surface area (Å²) in [6.45, 7) is 1.64. The monoisotopic (exact) mass is 190 g/mol. The van der Waals surface area contributed by atoms with Crippen LogP contribution >= 0.6 is 15.9 Å². The van der Waals surface area contributed by atoms with Crippen LogP contribution in [0.1, 0.15) is 13.3 Å². The Morgan fingerprint density at radius 3 is 2.89 bits per heavy atom. The summed E-state index contributed by atoms with van der Waals surface area (Å²) in [6, 6.07) is 0. The first-order chi connectivity index (χ1) is 4.16. The van der Waals surface area contributed by atoms with Crippen LogP contribution in [0.5, 0.6) is 0 Å². The van der Waals surface area contributed by atoms with Crippen LogP contribution in [-0.4, -0.2) is 16.5 Å². The van der Waals surface area contributed by atoms with Crippen molar-refractivity contribution in [3.8, 4) is 0 Å². The third kappa shape index (κ3) is 1.30. The van der Waals surface area contributed by atoms with Gasteiger partial charge in [0.1, 0.15) is 4.62 Å². The largest absolute Gasteiger partial charge is 0.380 e. The lowest BCUT2D eigenvalue weighted by atomic mass is 10.1. The van der Waals surface area contributed by atoms with E-state index in [1.165, 1.54) is 0 Å². The van der Waals surface area contributed by atoms with E-state index in [0.29, 0.717) is 11.0 Å². The molecule has 0 aromatic rings. The molecule has 1 aliphatic rings. The predicted octanol–water partition coefficient (Wildman–Crippen LogP) is 0.983. The molecule has 0 bridgehead atoms. The second kappa shape index (κ2) is 2.10. The van der Waals surface area contributed by atoms with E-state index in [1.807, 2.05) is 0 Å². The lowest BCUT2D eigenvalue weighted by Crippen LogP contribution is -2.25. The van der Waals surface area contributed by atoms with Crippen LogP contribution in [0.15, 0.2) is 5.16 Å². The maximum atomic E-state index is 10.1. The topological polar surface area (TPSA) is 38.7 Å². The molecule has 1 heterocycles. The Bertz CT molecular complexity index is 168. The Labute approximate surface area is 61.2 Å². The van der Waals surface area contributed by atoms with Crippen LogP contribution in [0, 0.1) is 0 Å². The molecular formula is C5H5BrNO2. The molecule has 1 rings (SSSR count). The Morgan fingerprint density at radius 2 is 2.67 bits per heavy atom. The van der Waals surface area contributed by atoms with Gasteiger partial charge in [0, 0.05) is 0 Å². The highest BCUT2D eigenvalue weighted by molar-refractivity contribution is 9.18. The molecule has 4 heteroatoms. The van der Waals surface area contributed by atoms with Gasteiger partial charge in [-0.05, 0) is 22.9 Å². The molecule has 49 valence electrons. The van der Waals surface area contributed by atoms with Crippen molar-refractivity contribution < 1.29 is 9.63 Å².